The van der Waals surface area contributed by atoms with E-state index in [1.165, 1.54) is 5.56 Å². The van der Waals surface area contributed by atoms with Gasteiger partial charge in [0.05, 0.1) is 19.8 Å². The summed E-state index contributed by atoms with van der Waals surface area (Å²) in [4.78, 5) is 17.2. The first-order chi connectivity index (χ1) is 13.1. The molecule has 2 N–H and O–H groups in total. The van der Waals surface area contributed by atoms with Gasteiger partial charge in [0.25, 0.3) is 5.91 Å². The Kier molecular flexibility index (Phi) is 6.44. The van der Waals surface area contributed by atoms with Gasteiger partial charge in [-0.25, -0.2) is 4.99 Å². The molecule has 0 aromatic heterocycles. The molecule has 1 atom stereocenters. The molecule has 0 aliphatic carbocycles. The molecular weight excluding hydrogens is 342 g/mol. The Balaban J connectivity index is 1.74. The van der Waals surface area contributed by atoms with Crippen LogP contribution in [0.5, 0.6) is 5.75 Å². The normalized spacial score (nSPS) is 16.8. The van der Waals surface area contributed by atoms with Crippen LogP contribution in [0.2, 0.25) is 0 Å². The Labute approximate surface area is 159 Å². The average Bonchev–Trinajstić information content (AvgIpc) is 3.21. The molecule has 1 aliphatic rings. The Hall–Kier alpha value is -2.86. The van der Waals surface area contributed by atoms with Crippen molar-refractivity contribution in [3.63, 3.8) is 0 Å². The van der Waals surface area contributed by atoms with Gasteiger partial charge in [0.1, 0.15) is 5.75 Å². The molecule has 1 saturated heterocycles. The second-order valence-electron chi connectivity index (χ2n) is 6.50. The van der Waals surface area contributed by atoms with Crippen LogP contribution >= 0.6 is 0 Å². The second-order valence-corrected chi connectivity index (χ2v) is 6.50. The highest BCUT2D eigenvalue weighted by Gasteiger charge is 2.16. The van der Waals surface area contributed by atoms with Crippen molar-refractivity contribution in [1.29, 1.82) is 0 Å². The van der Waals surface area contributed by atoms with Crippen LogP contribution in [0.1, 0.15) is 28.8 Å². The Morgan fingerprint density at radius 1 is 1.26 bits per heavy atom. The fourth-order valence-corrected chi connectivity index (χ4v) is 2.81. The van der Waals surface area contributed by atoms with Crippen molar-refractivity contribution in [1.82, 2.24) is 5.32 Å². The number of carbonyl (C=O) groups excluding carboxylic acids is 1. The number of methoxy groups -OCH3 is 1. The molecule has 1 amide bonds. The van der Waals surface area contributed by atoms with Gasteiger partial charge in [-0.3, -0.25) is 10.1 Å². The molecule has 0 spiro atoms. The van der Waals surface area contributed by atoms with Crippen molar-refractivity contribution in [3.05, 3.63) is 59.7 Å². The Morgan fingerprint density at radius 2 is 2.07 bits per heavy atom. The van der Waals surface area contributed by atoms with Crippen LogP contribution in [0.15, 0.2) is 53.5 Å². The molecule has 1 heterocycles. The maximum atomic E-state index is 12.6. The summed E-state index contributed by atoms with van der Waals surface area (Å²) in [7, 11) is 1.57. The van der Waals surface area contributed by atoms with Crippen LogP contribution < -0.4 is 15.4 Å². The van der Waals surface area contributed by atoms with Crippen molar-refractivity contribution in [3.8, 4) is 5.75 Å². The molecule has 0 bridgehead atoms. The highest BCUT2D eigenvalue weighted by Crippen LogP contribution is 2.14. The van der Waals surface area contributed by atoms with Crippen LogP contribution in [0.4, 0.5) is 5.69 Å². The fraction of sp³-hybridized carbons (Fsp3) is 0.333. The van der Waals surface area contributed by atoms with E-state index < -0.39 is 0 Å². The lowest BCUT2D eigenvalue weighted by atomic mass is 10.2. The number of rotatable bonds is 5. The molecule has 6 nitrogen and oxygen atoms in total. The van der Waals surface area contributed by atoms with Gasteiger partial charge in [-0.2, -0.15) is 0 Å². The van der Waals surface area contributed by atoms with E-state index in [-0.39, 0.29) is 12.0 Å². The molecule has 2 aromatic carbocycles. The smallest absolute Gasteiger partial charge is 0.258 e. The summed E-state index contributed by atoms with van der Waals surface area (Å²) < 4.78 is 10.8. The average molecular weight is 367 g/mol. The Bertz CT molecular complexity index is 797. The monoisotopic (exact) mass is 367 g/mol. The predicted octanol–water partition coefficient (Wildman–Crippen LogP) is 3.38. The van der Waals surface area contributed by atoms with Crippen molar-refractivity contribution >= 4 is 17.6 Å². The van der Waals surface area contributed by atoms with E-state index in [2.05, 4.69) is 15.6 Å². The zero-order valence-electron chi connectivity index (χ0n) is 15.7. The van der Waals surface area contributed by atoms with Gasteiger partial charge in [0, 0.05) is 17.9 Å². The molecule has 3 rings (SSSR count). The molecule has 1 aliphatic heterocycles. The van der Waals surface area contributed by atoms with Crippen LogP contribution in [-0.4, -0.2) is 38.2 Å². The molecule has 0 unspecified atom stereocenters. The van der Waals surface area contributed by atoms with E-state index in [1.54, 1.807) is 31.4 Å². The first-order valence-corrected chi connectivity index (χ1v) is 9.09. The summed E-state index contributed by atoms with van der Waals surface area (Å²) in [6.45, 7) is 3.31. The van der Waals surface area contributed by atoms with Crippen molar-refractivity contribution in [2.24, 2.45) is 4.99 Å². The van der Waals surface area contributed by atoms with E-state index in [9.17, 15) is 4.79 Å². The molecular formula is C21H25N3O3. The third kappa shape index (κ3) is 5.56. The molecule has 2 aromatic rings. The van der Waals surface area contributed by atoms with Gasteiger partial charge < -0.3 is 14.8 Å². The van der Waals surface area contributed by atoms with Crippen LogP contribution in [-0.2, 0) is 4.74 Å². The number of guanidine groups is 1. The number of anilines is 1. The number of aryl methyl sites for hydroxylation is 1. The molecule has 0 radical (unpaired) electrons. The summed E-state index contributed by atoms with van der Waals surface area (Å²) in [5, 5.41) is 6.05. The standard InChI is InChI=1S/C21H25N3O3/c1-15-8-10-17(11-9-15)23-21(22-14-19-7-4-12-27-19)24-20(25)16-5-3-6-18(13-16)26-2/h3,5-6,8-11,13,19H,4,7,12,14H2,1-2H3,(H2,22,23,24,25)/t19-/m1/s1. The molecule has 0 saturated carbocycles. The number of hydrogen-bond donors (Lipinski definition) is 2. The lowest BCUT2D eigenvalue weighted by Crippen LogP contribution is -2.36. The first-order valence-electron chi connectivity index (χ1n) is 9.09. The summed E-state index contributed by atoms with van der Waals surface area (Å²) in [5.74, 6) is 0.786. The minimum atomic E-state index is -0.250. The number of benzene rings is 2. The Morgan fingerprint density at radius 3 is 2.78 bits per heavy atom. The van der Waals surface area contributed by atoms with E-state index in [0.29, 0.717) is 23.8 Å². The van der Waals surface area contributed by atoms with Crippen LogP contribution in [0.3, 0.4) is 0 Å². The third-order valence-corrected chi connectivity index (χ3v) is 4.36. The zero-order valence-corrected chi connectivity index (χ0v) is 15.7. The summed E-state index contributed by atoms with van der Waals surface area (Å²) >= 11 is 0. The molecule has 142 valence electrons. The molecule has 27 heavy (non-hydrogen) atoms. The van der Waals surface area contributed by atoms with Crippen molar-refractivity contribution in [2.45, 2.75) is 25.9 Å². The summed E-state index contributed by atoms with van der Waals surface area (Å²) in [6.07, 6.45) is 2.15. The number of aliphatic imine (C=N–C) groups is 1. The maximum Gasteiger partial charge on any atom is 0.258 e. The quantitative estimate of drug-likeness (QED) is 0.628. The highest BCUT2D eigenvalue weighted by atomic mass is 16.5. The maximum absolute atomic E-state index is 12.6. The van der Waals surface area contributed by atoms with Crippen LogP contribution in [0, 0.1) is 6.92 Å². The van der Waals surface area contributed by atoms with Gasteiger partial charge in [0.15, 0.2) is 0 Å². The summed E-state index contributed by atoms with van der Waals surface area (Å²) in [6, 6.07) is 14.9. The van der Waals surface area contributed by atoms with E-state index in [0.717, 1.165) is 25.1 Å². The number of nitrogens with zero attached hydrogens (tertiary/aromatic N) is 1. The third-order valence-electron chi connectivity index (χ3n) is 4.36. The van der Waals surface area contributed by atoms with Crippen molar-refractivity contribution in [2.75, 3.05) is 25.6 Å². The van der Waals surface area contributed by atoms with Gasteiger partial charge in [0.2, 0.25) is 5.96 Å². The largest absolute Gasteiger partial charge is 0.497 e. The predicted molar refractivity (Wildman–Crippen MR) is 107 cm³/mol. The highest BCUT2D eigenvalue weighted by molar-refractivity contribution is 6.10. The van der Waals surface area contributed by atoms with Gasteiger partial charge in [-0.1, -0.05) is 23.8 Å². The topological polar surface area (TPSA) is 72.0 Å². The fourth-order valence-electron chi connectivity index (χ4n) is 2.81. The lowest BCUT2D eigenvalue weighted by Gasteiger charge is -2.14. The van der Waals surface area contributed by atoms with E-state index in [1.807, 2.05) is 31.2 Å². The molecule has 1 fully saturated rings. The number of hydrogen-bond acceptors (Lipinski definition) is 4. The zero-order chi connectivity index (χ0) is 19.1. The second kappa shape index (κ2) is 9.19. The minimum absolute atomic E-state index is 0.105. The van der Waals surface area contributed by atoms with Gasteiger partial charge in [-0.05, 0) is 50.1 Å². The number of carbonyl (C=O) groups is 1. The first kappa shape index (κ1) is 18.9. The minimum Gasteiger partial charge on any atom is -0.497 e. The lowest BCUT2D eigenvalue weighted by molar-refractivity contribution is 0.0975. The SMILES string of the molecule is COc1cccc(C(=O)NC(=NC[C@H]2CCCO2)Nc2ccc(C)cc2)c1. The number of ether oxygens (including phenoxy) is 2. The summed E-state index contributed by atoms with van der Waals surface area (Å²) in [5.41, 5.74) is 2.53. The van der Waals surface area contributed by atoms with Gasteiger partial charge in [-0.15, -0.1) is 0 Å². The van der Waals surface area contributed by atoms with Crippen molar-refractivity contribution < 1.29 is 14.3 Å². The number of amides is 1. The van der Waals surface area contributed by atoms with Gasteiger partial charge >= 0.3 is 0 Å². The van der Waals surface area contributed by atoms with E-state index >= 15 is 0 Å². The molecule has 6 heteroatoms. The van der Waals surface area contributed by atoms with E-state index in [4.69, 9.17) is 9.47 Å². The number of nitrogens with one attached hydrogen (secondary N) is 2. The van der Waals surface area contributed by atoms with Crippen LogP contribution in [0.25, 0.3) is 0 Å².